The molecule has 6 aromatic rings. The van der Waals surface area contributed by atoms with Gasteiger partial charge in [0.25, 0.3) is 0 Å². The molecule has 2 N–H and O–H groups in total. The van der Waals surface area contributed by atoms with Crippen molar-refractivity contribution in [3.63, 3.8) is 0 Å². The number of rotatable bonds is 5. The number of nitrogen functional groups attached to an aromatic ring is 1. The monoisotopic (exact) mass is 516 g/mol. The number of nitrogens with two attached hydrogens (primary N) is 1. The fourth-order valence-electron chi connectivity index (χ4n) is 5.54. The summed E-state index contributed by atoms with van der Waals surface area (Å²) >= 11 is 0. The second kappa shape index (κ2) is 8.57. The van der Waals surface area contributed by atoms with E-state index in [1.54, 1.807) is 17.1 Å². The Morgan fingerprint density at radius 3 is 2.77 bits per heavy atom. The topological polar surface area (TPSA) is 127 Å². The molecule has 2 aliphatic rings. The molecule has 39 heavy (non-hydrogen) atoms. The second-order valence-corrected chi connectivity index (χ2v) is 9.97. The van der Waals surface area contributed by atoms with Crippen LogP contribution in [-0.4, -0.2) is 57.5 Å². The maximum Gasteiger partial charge on any atom is 0.167 e. The van der Waals surface area contributed by atoms with Crippen molar-refractivity contribution in [1.29, 1.82) is 0 Å². The smallest absolute Gasteiger partial charge is 0.167 e. The van der Waals surface area contributed by atoms with Crippen LogP contribution in [0.4, 0.5) is 5.82 Å². The van der Waals surface area contributed by atoms with E-state index in [1.165, 1.54) is 11.1 Å². The highest BCUT2D eigenvalue weighted by Crippen LogP contribution is 2.38. The number of aryl methyl sites for hydroxylation is 1. The van der Waals surface area contributed by atoms with Gasteiger partial charge in [0.15, 0.2) is 17.3 Å². The Labute approximate surface area is 222 Å². The Morgan fingerprint density at radius 2 is 1.95 bits per heavy atom. The molecule has 1 fully saturated rings. The van der Waals surface area contributed by atoms with E-state index < -0.39 is 0 Å². The first kappa shape index (κ1) is 22.1. The number of pyridine rings is 2. The standard InChI is InChI=1S/C28H24N10O/c29-26-21(3-1-10-30-26)27-32-22-7-9-25(36-12-2-11-31-36)33-28(22)38(27)19-5-6-20-17(13-19)4-8-24(20)37-14-23(34-35-37)18-15-39-16-18/h1-3,5-7,9-14,18,24H,4,8,15-16H2,(H2,29,30)/t24-/m0/s1. The SMILES string of the molecule is Nc1ncccc1-c1nc2ccc(-n3cccn3)nc2n1-c1ccc2c(c1)CC[C@@H]2n1cc(C2COC2)nn1. The molecule has 8 rings (SSSR count). The van der Waals surface area contributed by atoms with Gasteiger partial charge < -0.3 is 10.5 Å². The molecular weight excluding hydrogens is 492 g/mol. The normalized spacial score (nSPS) is 17.0. The molecule has 0 unspecified atom stereocenters. The van der Waals surface area contributed by atoms with Crippen LogP contribution in [-0.2, 0) is 11.2 Å². The van der Waals surface area contributed by atoms with Gasteiger partial charge in [-0.05, 0) is 66.4 Å². The molecule has 0 radical (unpaired) electrons. The molecule has 0 amide bonds. The van der Waals surface area contributed by atoms with Gasteiger partial charge in [-0.25, -0.2) is 24.3 Å². The Hall–Kier alpha value is -4.90. The first-order valence-corrected chi connectivity index (χ1v) is 13.0. The van der Waals surface area contributed by atoms with E-state index in [0.717, 1.165) is 54.2 Å². The summed E-state index contributed by atoms with van der Waals surface area (Å²) in [5, 5.41) is 13.2. The number of nitrogens with zero attached hydrogens (tertiary/aromatic N) is 9. The van der Waals surface area contributed by atoms with Gasteiger partial charge in [-0.2, -0.15) is 5.10 Å². The molecule has 192 valence electrons. The molecule has 0 spiro atoms. The average Bonchev–Trinajstić information content (AvgIpc) is 3.73. The van der Waals surface area contributed by atoms with Gasteiger partial charge in [-0.15, -0.1) is 5.10 Å². The van der Waals surface area contributed by atoms with Crippen molar-refractivity contribution in [1.82, 2.24) is 44.3 Å². The maximum absolute atomic E-state index is 6.32. The lowest BCUT2D eigenvalue weighted by Crippen LogP contribution is -2.25. The Morgan fingerprint density at radius 1 is 1.00 bits per heavy atom. The molecule has 1 aliphatic heterocycles. The van der Waals surface area contributed by atoms with Gasteiger partial charge in [0.05, 0.1) is 36.4 Å². The number of aromatic nitrogens is 9. The van der Waals surface area contributed by atoms with E-state index in [2.05, 4.69) is 49.4 Å². The number of fused-ring (bicyclic) bond motifs is 2. The number of ether oxygens (including phenoxy) is 1. The summed E-state index contributed by atoms with van der Waals surface area (Å²) in [7, 11) is 0. The zero-order valence-electron chi connectivity index (χ0n) is 20.9. The van der Waals surface area contributed by atoms with E-state index >= 15 is 0 Å². The summed E-state index contributed by atoms with van der Waals surface area (Å²) in [6.07, 6.45) is 9.28. The summed E-state index contributed by atoms with van der Waals surface area (Å²) in [5.74, 6) is 2.17. The van der Waals surface area contributed by atoms with Crippen LogP contribution in [0.3, 0.4) is 0 Å². The number of hydrogen-bond donors (Lipinski definition) is 1. The van der Waals surface area contributed by atoms with Crippen LogP contribution < -0.4 is 5.73 Å². The fraction of sp³-hybridized carbons (Fsp3) is 0.214. The van der Waals surface area contributed by atoms with Gasteiger partial charge >= 0.3 is 0 Å². The van der Waals surface area contributed by atoms with Crippen molar-refractivity contribution in [3.8, 4) is 22.9 Å². The van der Waals surface area contributed by atoms with Gasteiger partial charge in [0.2, 0.25) is 0 Å². The highest BCUT2D eigenvalue weighted by atomic mass is 16.5. The van der Waals surface area contributed by atoms with Crippen molar-refractivity contribution < 1.29 is 4.74 Å². The van der Waals surface area contributed by atoms with Crippen LogP contribution >= 0.6 is 0 Å². The van der Waals surface area contributed by atoms with Crippen molar-refractivity contribution in [2.45, 2.75) is 24.8 Å². The predicted octanol–water partition coefficient (Wildman–Crippen LogP) is 3.49. The first-order valence-electron chi connectivity index (χ1n) is 13.0. The minimum Gasteiger partial charge on any atom is -0.383 e. The molecule has 6 heterocycles. The molecule has 11 heteroatoms. The molecule has 1 aromatic carbocycles. The molecular formula is C28H24N10O. The van der Waals surface area contributed by atoms with Gasteiger partial charge in [-0.1, -0.05) is 11.3 Å². The van der Waals surface area contributed by atoms with Crippen molar-refractivity contribution in [3.05, 3.63) is 90.1 Å². The van der Waals surface area contributed by atoms with Crippen LogP contribution in [0.25, 0.3) is 34.1 Å². The maximum atomic E-state index is 6.32. The fourth-order valence-corrected chi connectivity index (χ4v) is 5.54. The average molecular weight is 517 g/mol. The molecule has 1 atom stereocenters. The molecule has 1 aliphatic carbocycles. The highest BCUT2D eigenvalue weighted by molar-refractivity contribution is 5.83. The lowest BCUT2D eigenvalue weighted by atomic mass is 10.0. The van der Waals surface area contributed by atoms with E-state index in [0.29, 0.717) is 23.4 Å². The van der Waals surface area contributed by atoms with Crippen LogP contribution in [0.5, 0.6) is 0 Å². The van der Waals surface area contributed by atoms with Gasteiger partial charge in [-0.3, -0.25) is 4.57 Å². The zero-order chi connectivity index (χ0) is 25.9. The van der Waals surface area contributed by atoms with Gasteiger partial charge in [0, 0.05) is 30.5 Å². The molecule has 1 saturated heterocycles. The lowest BCUT2D eigenvalue weighted by Gasteiger charge is -2.23. The summed E-state index contributed by atoms with van der Waals surface area (Å²) < 4.78 is 11.1. The molecule has 0 bridgehead atoms. The zero-order valence-corrected chi connectivity index (χ0v) is 20.9. The number of hydrogen-bond acceptors (Lipinski definition) is 8. The van der Waals surface area contributed by atoms with E-state index in [1.807, 2.05) is 41.2 Å². The van der Waals surface area contributed by atoms with Gasteiger partial charge in [0.1, 0.15) is 11.3 Å². The van der Waals surface area contributed by atoms with E-state index in [-0.39, 0.29) is 6.04 Å². The molecule has 5 aromatic heterocycles. The van der Waals surface area contributed by atoms with Crippen molar-refractivity contribution in [2.75, 3.05) is 18.9 Å². The second-order valence-electron chi connectivity index (χ2n) is 9.97. The molecule has 0 saturated carbocycles. The van der Waals surface area contributed by atoms with Crippen molar-refractivity contribution in [2.24, 2.45) is 0 Å². The van der Waals surface area contributed by atoms with Crippen LogP contribution in [0.1, 0.15) is 35.2 Å². The quantitative estimate of drug-likeness (QED) is 0.369. The first-order chi connectivity index (χ1) is 19.2. The third kappa shape index (κ3) is 3.54. The van der Waals surface area contributed by atoms with Crippen LogP contribution in [0.2, 0.25) is 0 Å². The highest BCUT2D eigenvalue weighted by Gasteiger charge is 2.29. The summed E-state index contributed by atoms with van der Waals surface area (Å²) in [4.78, 5) is 14.2. The third-order valence-corrected chi connectivity index (χ3v) is 7.64. The minimum atomic E-state index is 0.161. The summed E-state index contributed by atoms with van der Waals surface area (Å²) in [5.41, 5.74) is 13.1. The minimum absolute atomic E-state index is 0.161. The Balaban J connectivity index is 1.25. The lowest BCUT2D eigenvalue weighted by molar-refractivity contribution is 0.00666. The van der Waals surface area contributed by atoms with E-state index in [4.69, 9.17) is 20.4 Å². The number of benzene rings is 1. The summed E-state index contributed by atoms with van der Waals surface area (Å²) in [6.45, 7) is 1.45. The predicted molar refractivity (Wildman–Crippen MR) is 144 cm³/mol. The third-order valence-electron chi connectivity index (χ3n) is 7.64. The largest absolute Gasteiger partial charge is 0.383 e. The van der Waals surface area contributed by atoms with E-state index in [9.17, 15) is 0 Å². The Bertz CT molecular complexity index is 1830. The van der Waals surface area contributed by atoms with Crippen LogP contribution in [0, 0.1) is 0 Å². The van der Waals surface area contributed by atoms with Crippen LogP contribution in [0.15, 0.2) is 73.3 Å². The van der Waals surface area contributed by atoms with Crippen molar-refractivity contribution >= 4 is 17.0 Å². The summed E-state index contributed by atoms with van der Waals surface area (Å²) in [6, 6.07) is 16.3. The Kier molecular flexibility index (Phi) is 4.86. The molecule has 11 nitrogen and oxygen atoms in total. The number of anilines is 1. The number of imidazole rings is 1.